The van der Waals surface area contributed by atoms with Crippen molar-refractivity contribution < 1.29 is 14.3 Å². The van der Waals surface area contributed by atoms with Crippen LogP contribution < -0.4 is 0 Å². The molecular formula is C29H33N3O3. The number of fused-ring (bicyclic) bond motifs is 1. The van der Waals surface area contributed by atoms with E-state index in [4.69, 9.17) is 4.74 Å². The smallest absolute Gasteiger partial charge is 0.435 e. The standard InChI is InChI=1S/C29H33N3O3/c1-19-7-5-6-8-25(19)20-9-11-21(12-10-20)27(33)32(23-13-14-23)24-15-16-26-22(17-24)18-31(30-26)28(34)35-29(2,3)4/h5-12,18,23-24H,13-17H2,1-4H3. The number of hydrogen-bond donors (Lipinski definition) is 0. The summed E-state index contributed by atoms with van der Waals surface area (Å²) in [6.07, 6.45) is 5.72. The number of aromatic nitrogens is 2. The molecule has 0 radical (unpaired) electrons. The number of aryl methyl sites for hydroxylation is 2. The maximum atomic E-state index is 13.7. The van der Waals surface area contributed by atoms with Crippen molar-refractivity contribution in [1.29, 1.82) is 0 Å². The molecule has 0 spiro atoms. The highest BCUT2D eigenvalue weighted by Crippen LogP contribution is 2.35. The number of carbonyl (C=O) groups is 2. The minimum absolute atomic E-state index is 0.0943. The molecule has 1 atom stereocenters. The second kappa shape index (κ2) is 8.99. The first kappa shape index (κ1) is 23.3. The minimum Gasteiger partial charge on any atom is -0.442 e. The fourth-order valence-electron chi connectivity index (χ4n) is 4.95. The van der Waals surface area contributed by atoms with Crippen molar-refractivity contribution in [2.24, 2.45) is 0 Å². The summed E-state index contributed by atoms with van der Waals surface area (Å²) in [5.74, 6) is 0.0943. The van der Waals surface area contributed by atoms with Crippen molar-refractivity contribution in [2.45, 2.75) is 77.5 Å². The Kier molecular flexibility index (Phi) is 5.99. The maximum Gasteiger partial charge on any atom is 0.435 e. The summed E-state index contributed by atoms with van der Waals surface area (Å²) in [7, 11) is 0. The van der Waals surface area contributed by atoms with E-state index in [0.717, 1.165) is 48.1 Å². The fraction of sp³-hybridized carbons (Fsp3) is 0.414. The topological polar surface area (TPSA) is 64.4 Å². The van der Waals surface area contributed by atoms with Gasteiger partial charge in [0.1, 0.15) is 5.60 Å². The molecule has 2 aliphatic rings. The van der Waals surface area contributed by atoms with Gasteiger partial charge in [0.25, 0.3) is 5.91 Å². The number of nitrogens with zero attached hydrogens (tertiary/aromatic N) is 3. The highest BCUT2D eigenvalue weighted by atomic mass is 16.6. The predicted molar refractivity (Wildman–Crippen MR) is 135 cm³/mol. The maximum absolute atomic E-state index is 13.7. The van der Waals surface area contributed by atoms with Crippen molar-refractivity contribution in [2.75, 3.05) is 0 Å². The molecule has 1 amide bonds. The molecule has 1 unspecified atom stereocenters. The van der Waals surface area contributed by atoms with Gasteiger partial charge >= 0.3 is 6.09 Å². The van der Waals surface area contributed by atoms with Gasteiger partial charge in [-0.2, -0.15) is 9.78 Å². The molecule has 2 aliphatic carbocycles. The lowest BCUT2D eigenvalue weighted by molar-refractivity contribution is 0.0513. The Labute approximate surface area is 206 Å². The Balaban J connectivity index is 1.33. The van der Waals surface area contributed by atoms with Crippen LogP contribution in [0.15, 0.2) is 54.7 Å². The first-order chi connectivity index (χ1) is 16.7. The van der Waals surface area contributed by atoms with Gasteiger partial charge in [-0.15, -0.1) is 0 Å². The second-order valence-electron chi connectivity index (χ2n) is 10.8. The highest BCUT2D eigenvalue weighted by Gasteiger charge is 2.39. The Morgan fingerprint density at radius 1 is 1.00 bits per heavy atom. The number of amides is 1. The van der Waals surface area contributed by atoms with E-state index in [1.807, 2.05) is 57.2 Å². The van der Waals surface area contributed by atoms with Gasteiger partial charge in [0.2, 0.25) is 0 Å². The average Bonchev–Trinajstić information content (AvgIpc) is 3.55. The van der Waals surface area contributed by atoms with Crippen LogP contribution in [0, 0.1) is 6.92 Å². The summed E-state index contributed by atoms with van der Waals surface area (Å²) in [6.45, 7) is 7.64. The first-order valence-corrected chi connectivity index (χ1v) is 12.5. The summed E-state index contributed by atoms with van der Waals surface area (Å²) in [5, 5.41) is 4.48. The van der Waals surface area contributed by atoms with E-state index in [1.54, 1.807) is 6.20 Å². The lowest BCUT2D eigenvalue weighted by atomic mass is 9.91. The van der Waals surface area contributed by atoms with Crippen LogP contribution in [-0.2, 0) is 17.6 Å². The van der Waals surface area contributed by atoms with Crippen molar-refractivity contribution in [3.05, 3.63) is 77.1 Å². The zero-order valence-corrected chi connectivity index (χ0v) is 21.0. The molecular weight excluding hydrogens is 438 g/mol. The molecule has 35 heavy (non-hydrogen) atoms. The van der Waals surface area contributed by atoms with E-state index >= 15 is 0 Å². The number of hydrogen-bond acceptors (Lipinski definition) is 4. The van der Waals surface area contributed by atoms with Gasteiger partial charge in [-0.05, 0) is 94.2 Å². The number of benzene rings is 2. The molecule has 0 N–H and O–H groups in total. The SMILES string of the molecule is Cc1ccccc1-c1ccc(C(=O)N(C2CC2)C2CCc3nn(C(=O)OC(C)(C)C)cc3C2)cc1. The van der Waals surface area contributed by atoms with E-state index in [9.17, 15) is 9.59 Å². The molecule has 5 rings (SSSR count). The van der Waals surface area contributed by atoms with Crippen molar-refractivity contribution in [3.63, 3.8) is 0 Å². The molecule has 1 heterocycles. The third-order valence-electron chi connectivity index (χ3n) is 6.78. The minimum atomic E-state index is -0.573. The fourth-order valence-corrected chi connectivity index (χ4v) is 4.95. The Morgan fingerprint density at radius 3 is 2.37 bits per heavy atom. The molecule has 1 aromatic heterocycles. The second-order valence-corrected chi connectivity index (χ2v) is 10.8. The van der Waals surface area contributed by atoms with Crippen molar-refractivity contribution in [3.8, 4) is 11.1 Å². The van der Waals surface area contributed by atoms with Crippen LogP contribution in [-0.4, -0.2) is 44.4 Å². The van der Waals surface area contributed by atoms with E-state index in [2.05, 4.69) is 29.1 Å². The van der Waals surface area contributed by atoms with Crippen LogP contribution in [0.25, 0.3) is 11.1 Å². The van der Waals surface area contributed by atoms with Crippen LogP contribution >= 0.6 is 0 Å². The number of carbonyl (C=O) groups excluding carboxylic acids is 2. The van der Waals surface area contributed by atoms with E-state index in [1.165, 1.54) is 15.8 Å². The Morgan fingerprint density at radius 2 is 1.71 bits per heavy atom. The molecule has 0 aliphatic heterocycles. The molecule has 6 heteroatoms. The first-order valence-electron chi connectivity index (χ1n) is 12.5. The lowest BCUT2D eigenvalue weighted by Crippen LogP contribution is -2.44. The lowest BCUT2D eigenvalue weighted by Gasteiger charge is -2.34. The quantitative estimate of drug-likeness (QED) is 0.482. The van der Waals surface area contributed by atoms with Gasteiger partial charge in [-0.25, -0.2) is 4.79 Å². The zero-order chi connectivity index (χ0) is 24.7. The Hall–Kier alpha value is -3.41. The van der Waals surface area contributed by atoms with E-state index in [-0.39, 0.29) is 11.9 Å². The van der Waals surface area contributed by atoms with Gasteiger partial charge in [0.05, 0.1) is 5.69 Å². The van der Waals surface area contributed by atoms with E-state index < -0.39 is 11.7 Å². The van der Waals surface area contributed by atoms with E-state index in [0.29, 0.717) is 12.5 Å². The summed E-state index contributed by atoms with van der Waals surface area (Å²) >= 11 is 0. The van der Waals surface area contributed by atoms with Crippen molar-refractivity contribution >= 4 is 12.0 Å². The van der Waals surface area contributed by atoms with Gasteiger partial charge in [0, 0.05) is 23.8 Å². The van der Waals surface area contributed by atoms with Crippen molar-refractivity contribution in [1.82, 2.24) is 14.7 Å². The zero-order valence-electron chi connectivity index (χ0n) is 21.0. The Bertz CT molecular complexity index is 1250. The molecule has 3 aromatic rings. The molecule has 0 saturated heterocycles. The van der Waals surface area contributed by atoms with Crippen LogP contribution in [0.2, 0.25) is 0 Å². The number of ether oxygens (including phenoxy) is 1. The predicted octanol–water partition coefficient (Wildman–Crippen LogP) is 5.80. The van der Waals surface area contributed by atoms with Gasteiger partial charge in [-0.1, -0.05) is 36.4 Å². The molecule has 182 valence electrons. The molecule has 6 nitrogen and oxygen atoms in total. The van der Waals surface area contributed by atoms with Crippen LogP contribution in [0.3, 0.4) is 0 Å². The summed E-state index contributed by atoms with van der Waals surface area (Å²) in [6, 6.07) is 16.7. The molecule has 2 aromatic carbocycles. The summed E-state index contributed by atoms with van der Waals surface area (Å²) < 4.78 is 6.78. The third kappa shape index (κ3) is 5.02. The van der Waals surface area contributed by atoms with Gasteiger partial charge in [-0.3, -0.25) is 4.79 Å². The average molecular weight is 472 g/mol. The monoisotopic (exact) mass is 471 g/mol. The van der Waals surface area contributed by atoms with Crippen LogP contribution in [0.5, 0.6) is 0 Å². The third-order valence-corrected chi connectivity index (χ3v) is 6.78. The summed E-state index contributed by atoms with van der Waals surface area (Å²) in [4.78, 5) is 28.2. The van der Waals surface area contributed by atoms with Gasteiger partial charge < -0.3 is 9.64 Å². The van der Waals surface area contributed by atoms with Gasteiger partial charge in [0.15, 0.2) is 0 Å². The summed E-state index contributed by atoms with van der Waals surface area (Å²) in [5.41, 5.74) is 5.64. The highest BCUT2D eigenvalue weighted by molar-refractivity contribution is 5.95. The largest absolute Gasteiger partial charge is 0.442 e. The molecule has 0 bridgehead atoms. The number of rotatable bonds is 4. The van der Waals surface area contributed by atoms with Crippen LogP contribution in [0.4, 0.5) is 4.79 Å². The molecule has 1 fully saturated rings. The molecule has 1 saturated carbocycles. The van der Waals surface area contributed by atoms with Crippen LogP contribution in [0.1, 0.15) is 67.2 Å². The normalized spacial score (nSPS) is 17.5.